The van der Waals surface area contributed by atoms with Crippen LogP contribution < -0.4 is 4.74 Å². The quantitative estimate of drug-likeness (QED) is 0.426. The fourth-order valence-electron chi connectivity index (χ4n) is 3.13. The topological polar surface area (TPSA) is 27.7 Å². The zero-order valence-electron chi connectivity index (χ0n) is 16.9. The van der Waals surface area contributed by atoms with Gasteiger partial charge in [0.25, 0.3) is 0 Å². The highest BCUT2D eigenvalue weighted by Gasteiger charge is 2.30. The highest BCUT2D eigenvalue weighted by Crippen LogP contribution is 2.31. The van der Waals surface area contributed by atoms with Gasteiger partial charge in [0, 0.05) is 12.5 Å². The minimum atomic E-state index is 0.0333. The van der Waals surface area contributed by atoms with Gasteiger partial charge in [-0.3, -0.25) is 0 Å². The summed E-state index contributed by atoms with van der Waals surface area (Å²) in [5.74, 6) is 2.65. The number of methoxy groups -OCH3 is 1. The fraction of sp³-hybridized carbons (Fsp3) is 0.652. The van der Waals surface area contributed by atoms with Crippen molar-refractivity contribution in [3.8, 4) is 5.75 Å². The van der Waals surface area contributed by atoms with Crippen molar-refractivity contribution in [3.05, 3.63) is 42.5 Å². The van der Waals surface area contributed by atoms with Gasteiger partial charge in [-0.05, 0) is 55.7 Å². The normalized spacial score (nSPS) is 17.7. The lowest BCUT2D eigenvalue weighted by Gasteiger charge is -2.31. The van der Waals surface area contributed by atoms with E-state index in [4.69, 9.17) is 14.2 Å². The van der Waals surface area contributed by atoms with Crippen molar-refractivity contribution in [1.82, 2.24) is 0 Å². The molecule has 1 aliphatic carbocycles. The van der Waals surface area contributed by atoms with Gasteiger partial charge in [0.2, 0.25) is 0 Å². The Hall–Kier alpha value is -1.32. The molecule has 0 N–H and O–H groups in total. The van der Waals surface area contributed by atoms with E-state index in [0.717, 1.165) is 30.3 Å². The first-order valence-corrected chi connectivity index (χ1v) is 10.0. The number of ether oxygens (including phenoxy) is 3. The van der Waals surface area contributed by atoms with E-state index >= 15 is 0 Å². The standard InChI is InChI=1S/C23H36O3/c1-6-21(12-7-17(2)3)23(26-16-19-8-9-19)18(4)25-15-20-10-13-22(24-5)14-11-20/h6,10-11,13-14,17-19,21,23H,1,7-9,12,15-16H2,2-5H3. The largest absolute Gasteiger partial charge is 0.497 e. The van der Waals surface area contributed by atoms with E-state index in [1.807, 2.05) is 12.1 Å². The summed E-state index contributed by atoms with van der Waals surface area (Å²) in [5, 5.41) is 0. The Kier molecular flexibility index (Phi) is 8.67. The number of benzene rings is 1. The number of hydrogen-bond acceptors (Lipinski definition) is 3. The van der Waals surface area contributed by atoms with Crippen LogP contribution in [0.5, 0.6) is 5.75 Å². The zero-order valence-corrected chi connectivity index (χ0v) is 16.9. The molecule has 1 aromatic carbocycles. The summed E-state index contributed by atoms with van der Waals surface area (Å²) in [6.07, 6.45) is 7.07. The molecule has 0 spiro atoms. The molecule has 1 aromatic rings. The first-order chi connectivity index (χ1) is 12.5. The second kappa shape index (κ2) is 10.7. The van der Waals surface area contributed by atoms with E-state index in [9.17, 15) is 0 Å². The van der Waals surface area contributed by atoms with E-state index in [0.29, 0.717) is 18.4 Å². The van der Waals surface area contributed by atoms with E-state index in [1.165, 1.54) is 19.3 Å². The Bertz CT molecular complexity index is 519. The maximum Gasteiger partial charge on any atom is 0.118 e. The van der Waals surface area contributed by atoms with Gasteiger partial charge in [0.05, 0.1) is 25.9 Å². The van der Waals surface area contributed by atoms with Crippen LogP contribution in [-0.4, -0.2) is 25.9 Å². The lowest BCUT2D eigenvalue weighted by atomic mass is 9.90. The minimum absolute atomic E-state index is 0.0333. The molecule has 0 amide bonds. The van der Waals surface area contributed by atoms with Crippen molar-refractivity contribution >= 4 is 0 Å². The molecule has 2 rings (SSSR count). The molecule has 1 aliphatic rings. The van der Waals surface area contributed by atoms with Crippen LogP contribution in [0.15, 0.2) is 36.9 Å². The third-order valence-electron chi connectivity index (χ3n) is 5.16. The summed E-state index contributed by atoms with van der Waals surface area (Å²) in [6.45, 7) is 12.2. The van der Waals surface area contributed by atoms with Gasteiger partial charge in [-0.1, -0.05) is 38.5 Å². The Morgan fingerprint density at radius 1 is 1.08 bits per heavy atom. The summed E-state index contributed by atoms with van der Waals surface area (Å²) in [5.41, 5.74) is 1.15. The molecule has 146 valence electrons. The van der Waals surface area contributed by atoms with Crippen molar-refractivity contribution in [3.63, 3.8) is 0 Å². The molecule has 3 atom stereocenters. The van der Waals surface area contributed by atoms with Crippen molar-refractivity contribution in [2.24, 2.45) is 17.8 Å². The van der Waals surface area contributed by atoms with Crippen LogP contribution in [-0.2, 0) is 16.1 Å². The van der Waals surface area contributed by atoms with Gasteiger partial charge in [0.15, 0.2) is 0 Å². The van der Waals surface area contributed by atoms with Gasteiger partial charge < -0.3 is 14.2 Å². The summed E-state index contributed by atoms with van der Waals surface area (Å²) in [4.78, 5) is 0. The average molecular weight is 361 g/mol. The van der Waals surface area contributed by atoms with Gasteiger partial charge in [-0.25, -0.2) is 0 Å². The Morgan fingerprint density at radius 3 is 2.31 bits per heavy atom. The maximum atomic E-state index is 6.32. The van der Waals surface area contributed by atoms with E-state index < -0.39 is 0 Å². The molecular formula is C23H36O3. The van der Waals surface area contributed by atoms with E-state index in [-0.39, 0.29) is 12.2 Å². The molecule has 0 aliphatic heterocycles. The molecule has 26 heavy (non-hydrogen) atoms. The lowest BCUT2D eigenvalue weighted by molar-refractivity contribution is -0.0921. The maximum absolute atomic E-state index is 6.32. The summed E-state index contributed by atoms with van der Waals surface area (Å²) < 4.78 is 17.7. The Morgan fingerprint density at radius 2 is 1.77 bits per heavy atom. The number of rotatable bonds is 13. The molecule has 3 heteroatoms. The highest BCUT2D eigenvalue weighted by molar-refractivity contribution is 5.26. The van der Waals surface area contributed by atoms with Gasteiger partial charge in [0.1, 0.15) is 5.75 Å². The van der Waals surface area contributed by atoms with Crippen LogP contribution in [0.3, 0.4) is 0 Å². The van der Waals surface area contributed by atoms with Crippen LogP contribution in [0, 0.1) is 17.8 Å². The smallest absolute Gasteiger partial charge is 0.118 e. The van der Waals surface area contributed by atoms with Gasteiger partial charge in [-0.15, -0.1) is 6.58 Å². The summed E-state index contributed by atoms with van der Waals surface area (Å²) in [6, 6.07) is 8.05. The van der Waals surface area contributed by atoms with Crippen LogP contribution in [0.2, 0.25) is 0 Å². The lowest BCUT2D eigenvalue weighted by Crippen LogP contribution is -2.36. The van der Waals surface area contributed by atoms with Crippen molar-refractivity contribution in [2.75, 3.05) is 13.7 Å². The number of hydrogen-bond donors (Lipinski definition) is 0. The molecular weight excluding hydrogens is 324 g/mol. The van der Waals surface area contributed by atoms with Gasteiger partial charge >= 0.3 is 0 Å². The van der Waals surface area contributed by atoms with E-state index in [2.05, 4.69) is 45.6 Å². The Labute approximate surface area is 159 Å². The fourth-order valence-corrected chi connectivity index (χ4v) is 3.13. The molecule has 0 aromatic heterocycles. The monoisotopic (exact) mass is 360 g/mol. The van der Waals surface area contributed by atoms with Crippen molar-refractivity contribution in [2.45, 2.75) is 65.3 Å². The molecule has 1 fully saturated rings. The summed E-state index contributed by atoms with van der Waals surface area (Å²) in [7, 11) is 1.68. The van der Waals surface area contributed by atoms with Crippen molar-refractivity contribution in [1.29, 1.82) is 0 Å². The first-order valence-electron chi connectivity index (χ1n) is 10.0. The Balaban J connectivity index is 1.93. The van der Waals surface area contributed by atoms with Crippen LogP contribution in [0.4, 0.5) is 0 Å². The van der Waals surface area contributed by atoms with E-state index in [1.54, 1.807) is 7.11 Å². The van der Waals surface area contributed by atoms with Crippen LogP contribution in [0.25, 0.3) is 0 Å². The third-order valence-corrected chi connectivity index (χ3v) is 5.16. The molecule has 1 saturated carbocycles. The highest BCUT2D eigenvalue weighted by atomic mass is 16.5. The third kappa shape index (κ3) is 7.13. The predicted molar refractivity (Wildman–Crippen MR) is 107 cm³/mol. The first kappa shape index (κ1) is 21.0. The molecule has 0 heterocycles. The van der Waals surface area contributed by atoms with Gasteiger partial charge in [-0.2, -0.15) is 0 Å². The summed E-state index contributed by atoms with van der Waals surface area (Å²) >= 11 is 0. The molecule has 3 unspecified atom stereocenters. The SMILES string of the molecule is C=CC(CCC(C)C)C(OCC1CC1)C(C)OCc1ccc(OC)cc1. The second-order valence-electron chi connectivity index (χ2n) is 7.98. The molecule has 3 nitrogen and oxygen atoms in total. The predicted octanol–water partition coefficient (Wildman–Crippen LogP) is 5.63. The van der Waals surface area contributed by atoms with Crippen LogP contribution >= 0.6 is 0 Å². The van der Waals surface area contributed by atoms with Crippen molar-refractivity contribution < 1.29 is 14.2 Å². The average Bonchev–Trinajstić information content (AvgIpc) is 3.47. The molecule has 0 bridgehead atoms. The second-order valence-corrected chi connectivity index (χ2v) is 7.98. The minimum Gasteiger partial charge on any atom is -0.497 e. The zero-order chi connectivity index (χ0) is 18.9. The molecule has 0 saturated heterocycles. The molecule has 0 radical (unpaired) electrons. The van der Waals surface area contributed by atoms with Crippen LogP contribution in [0.1, 0.15) is 52.0 Å².